The highest BCUT2D eigenvalue weighted by Crippen LogP contribution is 2.26. The number of hydroxylamine groups is 1. The molecule has 4 heteroatoms. The molecule has 0 aromatic heterocycles. The van der Waals surface area contributed by atoms with E-state index in [0.29, 0.717) is 11.6 Å². The van der Waals surface area contributed by atoms with E-state index in [2.05, 4.69) is 5.48 Å². The van der Waals surface area contributed by atoms with Gasteiger partial charge in [-0.05, 0) is 24.6 Å². The molecule has 0 saturated heterocycles. The van der Waals surface area contributed by atoms with Gasteiger partial charge in [0.1, 0.15) is 5.75 Å². The summed E-state index contributed by atoms with van der Waals surface area (Å²) in [5.74, 6) is 0.725. The Kier molecular flexibility index (Phi) is 3.54. The molecular formula is C9H12ClNO2. The van der Waals surface area contributed by atoms with Crippen molar-refractivity contribution in [3.05, 3.63) is 28.3 Å². The average molecular weight is 202 g/mol. The second-order valence-corrected chi connectivity index (χ2v) is 3.16. The summed E-state index contributed by atoms with van der Waals surface area (Å²) in [7, 11) is 1.59. The van der Waals surface area contributed by atoms with E-state index in [9.17, 15) is 0 Å². The van der Waals surface area contributed by atoms with Crippen LogP contribution in [0.5, 0.6) is 5.75 Å². The van der Waals surface area contributed by atoms with Crippen LogP contribution in [-0.4, -0.2) is 12.3 Å². The number of benzene rings is 1. The number of ether oxygens (including phenoxy) is 1. The van der Waals surface area contributed by atoms with Gasteiger partial charge >= 0.3 is 0 Å². The van der Waals surface area contributed by atoms with Crippen LogP contribution in [0, 0.1) is 6.92 Å². The van der Waals surface area contributed by atoms with E-state index < -0.39 is 0 Å². The molecule has 0 heterocycles. The number of hydrogen-bond donors (Lipinski definition) is 2. The molecule has 1 rings (SSSR count). The molecule has 1 aromatic carbocycles. The molecule has 0 radical (unpaired) electrons. The van der Waals surface area contributed by atoms with Crippen molar-refractivity contribution in [2.24, 2.45) is 0 Å². The number of methoxy groups -OCH3 is 1. The zero-order valence-corrected chi connectivity index (χ0v) is 8.35. The summed E-state index contributed by atoms with van der Waals surface area (Å²) in [4.78, 5) is 0. The van der Waals surface area contributed by atoms with Crippen molar-refractivity contribution in [1.29, 1.82) is 0 Å². The van der Waals surface area contributed by atoms with Gasteiger partial charge in [-0.3, -0.25) is 0 Å². The maximum Gasteiger partial charge on any atom is 0.123 e. The molecule has 13 heavy (non-hydrogen) atoms. The molecule has 1 aromatic rings. The molecular weight excluding hydrogens is 190 g/mol. The highest BCUT2D eigenvalue weighted by atomic mass is 35.5. The second-order valence-electron chi connectivity index (χ2n) is 2.75. The van der Waals surface area contributed by atoms with E-state index in [1.807, 2.05) is 13.0 Å². The van der Waals surface area contributed by atoms with Crippen LogP contribution in [0.15, 0.2) is 12.1 Å². The van der Waals surface area contributed by atoms with Crippen molar-refractivity contribution in [3.63, 3.8) is 0 Å². The fourth-order valence-electron chi connectivity index (χ4n) is 1.11. The number of aryl methyl sites for hydroxylation is 1. The van der Waals surface area contributed by atoms with Crippen molar-refractivity contribution in [1.82, 2.24) is 5.48 Å². The smallest absolute Gasteiger partial charge is 0.123 e. The van der Waals surface area contributed by atoms with Crippen LogP contribution in [0.25, 0.3) is 0 Å². The van der Waals surface area contributed by atoms with E-state index in [1.54, 1.807) is 13.2 Å². The van der Waals surface area contributed by atoms with Gasteiger partial charge in [-0.25, -0.2) is 5.48 Å². The SMILES string of the molecule is COc1cc(C)c(Cl)cc1CNO. The monoisotopic (exact) mass is 201 g/mol. The van der Waals surface area contributed by atoms with Crippen molar-refractivity contribution in [2.45, 2.75) is 13.5 Å². The van der Waals surface area contributed by atoms with Gasteiger partial charge in [-0.15, -0.1) is 0 Å². The van der Waals surface area contributed by atoms with Crippen molar-refractivity contribution in [3.8, 4) is 5.75 Å². The van der Waals surface area contributed by atoms with E-state index in [-0.39, 0.29) is 0 Å². The molecule has 0 spiro atoms. The number of hydrogen-bond acceptors (Lipinski definition) is 3. The van der Waals surface area contributed by atoms with Crippen LogP contribution in [0.1, 0.15) is 11.1 Å². The van der Waals surface area contributed by atoms with E-state index >= 15 is 0 Å². The van der Waals surface area contributed by atoms with Crippen LogP contribution < -0.4 is 10.2 Å². The maximum atomic E-state index is 8.55. The summed E-state index contributed by atoms with van der Waals surface area (Å²) in [5, 5.41) is 9.22. The third-order valence-electron chi connectivity index (χ3n) is 1.83. The average Bonchev–Trinajstić information content (AvgIpc) is 2.11. The third kappa shape index (κ3) is 2.34. The minimum absolute atomic E-state index is 0.323. The molecule has 0 saturated carbocycles. The summed E-state index contributed by atoms with van der Waals surface area (Å²) in [6, 6.07) is 3.62. The zero-order chi connectivity index (χ0) is 9.84. The fraction of sp³-hybridized carbons (Fsp3) is 0.333. The molecule has 0 atom stereocenters. The molecule has 0 fully saturated rings. The van der Waals surface area contributed by atoms with Crippen LogP contribution in [-0.2, 0) is 6.54 Å². The lowest BCUT2D eigenvalue weighted by Gasteiger charge is -2.09. The summed E-state index contributed by atoms with van der Waals surface area (Å²) < 4.78 is 5.12. The number of halogens is 1. The van der Waals surface area contributed by atoms with Crippen LogP contribution >= 0.6 is 11.6 Å². The predicted octanol–water partition coefficient (Wildman–Crippen LogP) is 2.14. The third-order valence-corrected chi connectivity index (χ3v) is 2.24. The maximum absolute atomic E-state index is 8.55. The molecule has 0 aliphatic heterocycles. The first-order valence-electron chi connectivity index (χ1n) is 3.89. The Balaban J connectivity index is 3.09. The molecule has 72 valence electrons. The van der Waals surface area contributed by atoms with Crippen LogP contribution in [0.4, 0.5) is 0 Å². The normalized spacial score (nSPS) is 10.2. The van der Waals surface area contributed by atoms with Gasteiger partial charge in [0, 0.05) is 17.1 Å². The summed E-state index contributed by atoms with van der Waals surface area (Å²) >= 11 is 5.91. The van der Waals surface area contributed by atoms with Gasteiger partial charge < -0.3 is 9.94 Å². The quantitative estimate of drug-likeness (QED) is 0.737. The fourth-order valence-corrected chi connectivity index (χ4v) is 1.30. The Morgan fingerprint density at radius 1 is 1.54 bits per heavy atom. The lowest BCUT2D eigenvalue weighted by Crippen LogP contribution is -2.07. The first kappa shape index (κ1) is 10.3. The van der Waals surface area contributed by atoms with Gasteiger partial charge in [0.15, 0.2) is 0 Å². The number of nitrogens with one attached hydrogen (secondary N) is 1. The second kappa shape index (κ2) is 4.46. The first-order chi connectivity index (χ1) is 6.19. The van der Waals surface area contributed by atoms with Crippen LogP contribution in [0.2, 0.25) is 5.02 Å². The first-order valence-corrected chi connectivity index (χ1v) is 4.26. The molecule has 0 unspecified atom stereocenters. The Morgan fingerprint density at radius 3 is 2.77 bits per heavy atom. The Hall–Kier alpha value is -0.770. The summed E-state index contributed by atoms with van der Waals surface area (Å²) in [6.07, 6.45) is 0. The molecule has 3 nitrogen and oxygen atoms in total. The Labute approximate surface area is 82.2 Å². The standard InChI is InChI=1S/C9H12ClNO2/c1-6-3-9(13-2)7(5-11-12)4-8(6)10/h3-4,11-12H,5H2,1-2H3. The van der Waals surface area contributed by atoms with Gasteiger partial charge in [0.05, 0.1) is 7.11 Å². The number of rotatable bonds is 3. The van der Waals surface area contributed by atoms with E-state index in [4.69, 9.17) is 21.5 Å². The van der Waals surface area contributed by atoms with Gasteiger partial charge in [0.2, 0.25) is 0 Å². The Bertz CT molecular complexity index is 302. The summed E-state index contributed by atoms with van der Waals surface area (Å²) in [5.41, 5.74) is 3.86. The summed E-state index contributed by atoms with van der Waals surface area (Å²) in [6.45, 7) is 2.23. The lowest BCUT2D eigenvalue weighted by atomic mass is 10.1. The largest absolute Gasteiger partial charge is 0.496 e. The van der Waals surface area contributed by atoms with Crippen LogP contribution in [0.3, 0.4) is 0 Å². The van der Waals surface area contributed by atoms with Gasteiger partial charge in [0.25, 0.3) is 0 Å². The van der Waals surface area contributed by atoms with Crippen molar-refractivity contribution >= 4 is 11.6 Å². The topological polar surface area (TPSA) is 41.5 Å². The highest BCUT2D eigenvalue weighted by molar-refractivity contribution is 6.31. The predicted molar refractivity (Wildman–Crippen MR) is 51.4 cm³/mol. The van der Waals surface area contributed by atoms with Gasteiger partial charge in [-0.1, -0.05) is 11.6 Å². The van der Waals surface area contributed by atoms with E-state index in [0.717, 1.165) is 16.9 Å². The minimum Gasteiger partial charge on any atom is -0.496 e. The van der Waals surface area contributed by atoms with Crippen molar-refractivity contribution in [2.75, 3.05) is 7.11 Å². The van der Waals surface area contributed by atoms with E-state index in [1.165, 1.54) is 0 Å². The van der Waals surface area contributed by atoms with Crippen molar-refractivity contribution < 1.29 is 9.94 Å². The molecule has 0 aliphatic rings. The minimum atomic E-state index is 0.323. The molecule has 2 N–H and O–H groups in total. The zero-order valence-electron chi connectivity index (χ0n) is 7.60. The lowest BCUT2D eigenvalue weighted by molar-refractivity contribution is 0.160. The van der Waals surface area contributed by atoms with Gasteiger partial charge in [-0.2, -0.15) is 0 Å². The Morgan fingerprint density at radius 2 is 2.23 bits per heavy atom. The molecule has 0 bridgehead atoms. The molecule has 0 amide bonds. The molecule has 0 aliphatic carbocycles. The highest BCUT2D eigenvalue weighted by Gasteiger charge is 2.05.